The number of fused-ring (bicyclic) bond motifs is 1. The summed E-state index contributed by atoms with van der Waals surface area (Å²) in [4.78, 5) is 8.65. The molecule has 0 amide bonds. The van der Waals surface area contributed by atoms with E-state index in [1.165, 1.54) is 0 Å². The quantitative estimate of drug-likeness (QED) is 0.537. The Morgan fingerprint density at radius 2 is 1.62 bits per heavy atom. The summed E-state index contributed by atoms with van der Waals surface area (Å²) in [6, 6.07) is 16.1. The van der Waals surface area contributed by atoms with Crippen molar-refractivity contribution in [2.75, 3.05) is 0 Å². The van der Waals surface area contributed by atoms with Crippen LogP contribution in [-0.4, -0.2) is 9.97 Å². The summed E-state index contributed by atoms with van der Waals surface area (Å²) >= 11 is 0. The van der Waals surface area contributed by atoms with Gasteiger partial charge in [-0.25, -0.2) is 0 Å². The van der Waals surface area contributed by atoms with E-state index in [1.807, 2.05) is 48.7 Å². The fourth-order valence-corrected chi connectivity index (χ4v) is 2.56. The highest BCUT2D eigenvalue weighted by Gasteiger charge is 2.12. The second-order valence-corrected chi connectivity index (χ2v) is 4.78. The number of para-hydroxylation sites is 1. The average Bonchev–Trinajstić information content (AvgIpc) is 3.04. The predicted octanol–water partition coefficient (Wildman–Crippen LogP) is 4.56. The SMILES string of the molecule is c1cnc(-c2cccc3ccoc23)c(-c2ccncc2)c1. The summed E-state index contributed by atoms with van der Waals surface area (Å²) < 4.78 is 5.64. The maximum atomic E-state index is 5.64. The minimum atomic E-state index is 0.867. The highest BCUT2D eigenvalue weighted by atomic mass is 16.3. The van der Waals surface area contributed by atoms with Crippen LogP contribution < -0.4 is 0 Å². The van der Waals surface area contributed by atoms with Gasteiger partial charge in [-0.3, -0.25) is 9.97 Å². The summed E-state index contributed by atoms with van der Waals surface area (Å²) in [5.74, 6) is 0. The number of pyridine rings is 2. The monoisotopic (exact) mass is 272 g/mol. The Hall–Kier alpha value is -2.94. The Labute approximate surface area is 121 Å². The summed E-state index contributed by atoms with van der Waals surface area (Å²) in [6.07, 6.45) is 7.10. The number of hydrogen-bond acceptors (Lipinski definition) is 3. The van der Waals surface area contributed by atoms with Gasteiger partial charge in [0.05, 0.1) is 12.0 Å². The molecular formula is C18H12N2O. The molecule has 0 aliphatic heterocycles. The molecule has 0 saturated heterocycles. The summed E-state index contributed by atoms with van der Waals surface area (Å²) in [6.45, 7) is 0. The molecule has 3 heteroatoms. The molecule has 0 aliphatic carbocycles. The van der Waals surface area contributed by atoms with Crippen molar-refractivity contribution in [1.82, 2.24) is 9.97 Å². The third-order valence-electron chi connectivity index (χ3n) is 3.53. The molecule has 0 fully saturated rings. The Morgan fingerprint density at radius 1 is 0.762 bits per heavy atom. The Balaban J connectivity index is 2.00. The standard InChI is InChI=1S/C18H12N2O/c1-3-14-8-12-21-18(14)16(4-1)17-15(5-2-9-20-17)13-6-10-19-11-7-13/h1-12H. The highest BCUT2D eigenvalue weighted by molar-refractivity contribution is 5.95. The summed E-state index contributed by atoms with van der Waals surface area (Å²) in [7, 11) is 0. The van der Waals surface area contributed by atoms with Crippen molar-refractivity contribution < 1.29 is 4.42 Å². The summed E-state index contributed by atoms with van der Waals surface area (Å²) in [5.41, 5.74) is 4.96. The number of hydrogen-bond donors (Lipinski definition) is 0. The molecular weight excluding hydrogens is 260 g/mol. The first-order valence-electron chi connectivity index (χ1n) is 6.75. The van der Waals surface area contributed by atoms with Crippen molar-refractivity contribution in [2.45, 2.75) is 0 Å². The van der Waals surface area contributed by atoms with E-state index in [2.05, 4.69) is 16.0 Å². The highest BCUT2D eigenvalue weighted by Crippen LogP contribution is 2.34. The fraction of sp³-hybridized carbons (Fsp3) is 0. The lowest BCUT2D eigenvalue weighted by molar-refractivity contribution is 0.616. The number of furan rings is 1. The number of benzene rings is 1. The molecule has 100 valence electrons. The van der Waals surface area contributed by atoms with Crippen LogP contribution in [0.15, 0.2) is 77.8 Å². The van der Waals surface area contributed by atoms with E-state index in [0.717, 1.165) is 33.4 Å². The van der Waals surface area contributed by atoms with E-state index in [4.69, 9.17) is 4.42 Å². The Bertz CT molecular complexity index is 897. The van der Waals surface area contributed by atoms with Crippen LogP contribution in [0.3, 0.4) is 0 Å². The van der Waals surface area contributed by atoms with E-state index in [1.54, 1.807) is 18.7 Å². The second-order valence-electron chi connectivity index (χ2n) is 4.78. The summed E-state index contributed by atoms with van der Waals surface area (Å²) in [5, 5.41) is 1.08. The first-order valence-corrected chi connectivity index (χ1v) is 6.75. The molecule has 4 aromatic rings. The zero-order valence-corrected chi connectivity index (χ0v) is 11.2. The number of aromatic nitrogens is 2. The first-order chi connectivity index (χ1) is 10.4. The van der Waals surface area contributed by atoms with Gasteiger partial charge < -0.3 is 4.42 Å². The van der Waals surface area contributed by atoms with Crippen LogP contribution >= 0.6 is 0 Å². The van der Waals surface area contributed by atoms with E-state index in [-0.39, 0.29) is 0 Å². The third-order valence-corrected chi connectivity index (χ3v) is 3.53. The van der Waals surface area contributed by atoms with Gasteiger partial charge in [0.15, 0.2) is 0 Å². The van der Waals surface area contributed by atoms with Gasteiger partial charge in [0.25, 0.3) is 0 Å². The normalized spacial score (nSPS) is 10.9. The maximum absolute atomic E-state index is 5.64. The molecule has 3 heterocycles. The number of nitrogens with zero attached hydrogens (tertiary/aromatic N) is 2. The van der Waals surface area contributed by atoms with Gasteiger partial charge in [0.2, 0.25) is 0 Å². The molecule has 0 atom stereocenters. The van der Waals surface area contributed by atoms with E-state index in [9.17, 15) is 0 Å². The van der Waals surface area contributed by atoms with Gasteiger partial charge >= 0.3 is 0 Å². The largest absolute Gasteiger partial charge is 0.464 e. The third kappa shape index (κ3) is 1.99. The molecule has 0 bridgehead atoms. The van der Waals surface area contributed by atoms with Crippen LogP contribution in [0.1, 0.15) is 0 Å². The molecule has 0 N–H and O–H groups in total. The average molecular weight is 272 g/mol. The van der Waals surface area contributed by atoms with Crippen LogP contribution in [0.5, 0.6) is 0 Å². The molecule has 3 aromatic heterocycles. The molecule has 0 unspecified atom stereocenters. The lowest BCUT2D eigenvalue weighted by atomic mass is 9.99. The van der Waals surface area contributed by atoms with Crippen molar-refractivity contribution >= 4 is 11.0 Å². The van der Waals surface area contributed by atoms with Gasteiger partial charge in [-0.05, 0) is 35.9 Å². The lowest BCUT2D eigenvalue weighted by Gasteiger charge is -2.09. The molecule has 0 radical (unpaired) electrons. The van der Waals surface area contributed by atoms with Crippen molar-refractivity contribution in [3.05, 3.63) is 73.4 Å². The second kappa shape index (κ2) is 4.87. The van der Waals surface area contributed by atoms with Gasteiger partial charge in [-0.15, -0.1) is 0 Å². The van der Waals surface area contributed by atoms with Crippen LogP contribution in [0, 0.1) is 0 Å². The van der Waals surface area contributed by atoms with Crippen LogP contribution in [0.25, 0.3) is 33.4 Å². The Kier molecular flexibility index (Phi) is 2.75. The Morgan fingerprint density at radius 3 is 2.52 bits per heavy atom. The zero-order chi connectivity index (χ0) is 14.1. The molecule has 3 nitrogen and oxygen atoms in total. The van der Waals surface area contributed by atoms with Crippen LogP contribution in [-0.2, 0) is 0 Å². The van der Waals surface area contributed by atoms with Crippen LogP contribution in [0.4, 0.5) is 0 Å². The zero-order valence-electron chi connectivity index (χ0n) is 11.2. The predicted molar refractivity (Wildman–Crippen MR) is 82.7 cm³/mol. The van der Waals surface area contributed by atoms with E-state index >= 15 is 0 Å². The lowest BCUT2D eigenvalue weighted by Crippen LogP contribution is -1.89. The van der Waals surface area contributed by atoms with Crippen molar-refractivity contribution in [3.63, 3.8) is 0 Å². The van der Waals surface area contributed by atoms with Crippen molar-refractivity contribution in [2.24, 2.45) is 0 Å². The van der Waals surface area contributed by atoms with Crippen molar-refractivity contribution in [1.29, 1.82) is 0 Å². The topological polar surface area (TPSA) is 38.9 Å². The van der Waals surface area contributed by atoms with Crippen LogP contribution in [0.2, 0.25) is 0 Å². The van der Waals surface area contributed by atoms with Crippen molar-refractivity contribution in [3.8, 4) is 22.4 Å². The molecule has 0 spiro atoms. The molecule has 4 rings (SSSR count). The van der Waals surface area contributed by atoms with Gasteiger partial charge in [-0.1, -0.05) is 18.2 Å². The minimum absolute atomic E-state index is 0.867. The molecule has 0 saturated carbocycles. The number of rotatable bonds is 2. The molecule has 0 aliphatic rings. The van der Waals surface area contributed by atoms with Gasteiger partial charge in [0, 0.05) is 35.1 Å². The van der Waals surface area contributed by atoms with Gasteiger partial charge in [-0.2, -0.15) is 0 Å². The van der Waals surface area contributed by atoms with E-state index in [0.29, 0.717) is 0 Å². The molecule has 21 heavy (non-hydrogen) atoms. The smallest absolute Gasteiger partial charge is 0.143 e. The first kappa shape index (κ1) is 11.9. The fourth-order valence-electron chi connectivity index (χ4n) is 2.56. The maximum Gasteiger partial charge on any atom is 0.143 e. The van der Waals surface area contributed by atoms with Gasteiger partial charge in [0.1, 0.15) is 5.58 Å². The minimum Gasteiger partial charge on any atom is -0.464 e. The molecule has 1 aromatic carbocycles. The van der Waals surface area contributed by atoms with E-state index < -0.39 is 0 Å².